The number of benzene rings is 2. The van der Waals surface area contributed by atoms with E-state index >= 15 is 0 Å². The van der Waals surface area contributed by atoms with E-state index in [1.54, 1.807) is 7.11 Å². The third-order valence-corrected chi connectivity index (χ3v) is 5.93. The Morgan fingerprint density at radius 3 is 2.39 bits per heavy atom. The van der Waals surface area contributed by atoms with Gasteiger partial charge in [0.05, 0.1) is 13.2 Å². The quantitative estimate of drug-likeness (QED) is 0.762. The molecule has 2 saturated heterocycles. The zero-order chi connectivity index (χ0) is 18.6. The summed E-state index contributed by atoms with van der Waals surface area (Å²) in [4.78, 5) is 12.9. The summed E-state index contributed by atoms with van der Waals surface area (Å²) in [6.45, 7) is 0. The van der Waals surface area contributed by atoms with E-state index in [4.69, 9.17) is 4.74 Å². The molecular formula is C23H29ClN2O2. The molecule has 4 rings (SSSR count). The Labute approximate surface area is 173 Å². The Morgan fingerprint density at radius 2 is 1.71 bits per heavy atom. The first-order valence-corrected chi connectivity index (χ1v) is 9.96. The van der Waals surface area contributed by atoms with E-state index in [9.17, 15) is 4.79 Å². The van der Waals surface area contributed by atoms with Crippen LogP contribution in [0.1, 0.15) is 49.3 Å². The summed E-state index contributed by atoms with van der Waals surface area (Å²) in [6, 6.07) is 19.1. The van der Waals surface area contributed by atoms with Gasteiger partial charge in [0.1, 0.15) is 5.75 Å². The van der Waals surface area contributed by atoms with Gasteiger partial charge >= 0.3 is 0 Å². The molecule has 3 unspecified atom stereocenters. The molecule has 2 heterocycles. The maximum atomic E-state index is 12.9. The molecule has 0 saturated carbocycles. The van der Waals surface area contributed by atoms with Crippen molar-refractivity contribution < 1.29 is 9.53 Å². The molecule has 2 aromatic rings. The van der Waals surface area contributed by atoms with E-state index in [2.05, 4.69) is 22.8 Å². The molecule has 2 aromatic carbocycles. The number of rotatable bonds is 6. The lowest BCUT2D eigenvalue weighted by Gasteiger charge is -2.29. The summed E-state index contributed by atoms with van der Waals surface area (Å²) in [5.41, 5.74) is 2.06. The predicted octanol–water partition coefficient (Wildman–Crippen LogP) is 4.24. The van der Waals surface area contributed by atoms with Crippen LogP contribution < -0.4 is 15.4 Å². The Kier molecular flexibility index (Phi) is 6.97. The number of amides is 1. The van der Waals surface area contributed by atoms with Crippen LogP contribution in [0, 0.1) is 5.92 Å². The molecule has 2 bridgehead atoms. The van der Waals surface area contributed by atoms with Crippen molar-refractivity contribution in [1.29, 1.82) is 0 Å². The second kappa shape index (κ2) is 9.44. The fourth-order valence-electron chi connectivity index (χ4n) is 4.71. The second-order valence-corrected chi connectivity index (χ2v) is 7.83. The Balaban J connectivity index is 0.00000225. The van der Waals surface area contributed by atoms with Gasteiger partial charge in [0, 0.05) is 24.1 Å². The fraction of sp³-hybridized carbons (Fsp3) is 0.435. The molecule has 5 heteroatoms. The van der Waals surface area contributed by atoms with Gasteiger partial charge in [0.2, 0.25) is 5.91 Å². The number of hydrogen-bond acceptors (Lipinski definition) is 3. The van der Waals surface area contributed by atoms with E-state index in [1.807, 2.05) is 42.5 Å². The smallest absolute Gasteiger partial charge is 0.221 e. The van der Waals surface area contributed by atoms with Crippen molar-refractivity contribution in [3.05, 3.63) is 65.7 Å². The first-order valence-electron chi connectivity index (χ1n) is 9.96. The SMILES string of the molecule is COc1ccccc1C(NC(=O)CC1CC2CCC(C1)N2)c1ccccc1.Cl. The number of hydrogen-bond donors (Lipinski definition) is 2. The lowest BCUT2D eigenvalue weighted by atomic mass is 9.89. The number of para-hydroxylation sites is 1. The second-order valence-electron chi connectivity index (χ2n) is 7.83. The molecule has 28 heavy (non-hydrogen) atoms. The fourth-order valence-corrected chi connectivity index (χ4v) is 4.71. The van der Waals surface area contributed by atoms with Gasteiger partial charge in [-0.2, -0.15) is 0 Å². The summed E-state index contributed by atoms with van der Waals surface area (Å²) in [6.07, 6.45) is 5.36. The molecule has 0 aliphatic carbocycles. The minimum atomic E-state index is -0.201. The number of methoxy groups -OCH3 is 1. The largest absolute Gasteiger partial charge is 0.496 e. The Hall–Kier alpha value is -2.04. The number of nitrogens with one attached hydrogen (secondary N) is 2. The van der Waals surface area contributed by atoms with Gasteiger partial charge in [-0.1, -0.05) is 48.5 Å². The number of halogens is 1. The van der Waals surface area contributed by atoms with Crippen LogP contribution >= 0.6 is 12.4 Å². The molecule has 3 atom stereocenters. The summed E-state index contributed by atoms with van der Waals surface area (Å²) >= 11 is 0. The Bertz CT molecular complexity index is 771. The van der Waals surface area contributed by atoms with Gasteiger partial charge in [0.15, 0.2) is 0 Å². The number of carbonyl (C=O) groups excluding carboxylic acids is 1. The van der Waals surface area contributed by atoms with Gasteiger partial charge < -0.3 is 15.4 Å². The lowest BCUT2D eigenvalue weighted by molar-refractivity contribution is -0.122. The number of carbonyl (C=O) groups is 1. The highest BCUT2D eigenvalue weighted by atomic mass is 35.5. The maximum absolute atomic E-state index is 12.9. The van der Waals surface area contributed by atoms with Gasteiger partial charge in [-0.25, -0.2) is 0 Å². The highest BCUT2D eigenvalue weighted by Crippen LogP contribution is 2.34. The van der Waals surface area contributed by atoms with Gasteiger partial charge in [0.25, 0.3) is 0 Å². The van der Waals surface area contributed by atoms with Crippen molar-refractivity contribution in [1.82, 2.24) is 10.6 Å². The molecule has 1 amide bonds. The van der Waals surface area contributed by atoms with E-state index in [-0.39, 0.29) is 24.4 Å². The standard InChI is InChI=1S/C23H28N2O2.ClH/c1-27-21-10-6-5-9-20(21)23(17-7-3-2-4-8-17)25-22(26)15-16-13-18-11-12-19(14-16)24-18;/h2-10,16,18-19,23-24H,11-15H2,1H3,(H,25,26);1H. The van der Waals surface area contributed by atoms with Crippen molar-refractivity contribution in [3.63, 3.8) is 0 Å². The van der Waals surface area contributed by atoms with Crippen LogP contribution in [0.5, 0.6) is 5.75 Å². The molecule has 4 nitrogen and oxygen atoms in total. The average Bonchev–Trinajstić information content (AvgIpc) is 3.05. The minimum absolute atomic E-state index is 0. The van der Waals surface area contributed by atoms with Crippen molar-refractivity contribution in [2.75, 3.05) is 7.11 Å². The molecule has 2 fully saturated rings. The van der Waals surface area contributed by atoms with Crippen molar-refractivity contribution in [2.24, 2.45) is 5.92 Å². The first-order chi connectivity index (χ1) is 13.2. The van der Waals surface area contributed by atoms with Gasteiger partial charge in [-0.3, -0.25) is 4.79 Å². The number of piperidine rings is 1. The molecule has 2 aliphatic rings. The highest BCUT2D eigenvalue weighted by molar-refractivity contribution is 5.85. The molecular weight excluding hydrogens is 372 g/mol. The van der Waals surface area contributed by atoms with Crippen LogP contribution in [-0.2, 0) is 4.79 Å². The number of fused-ring (bicyclic) bond motifs is 2. The van der Waals surface area contributed by atoms with Crippen LogP contribution in [0.3, 0.4) is 0 Å². The van der Waals surface area contributed by atoms with E-state index in [0.29, 0.717) is 24.4 Å². The summed E-state index contributed by atoms with van der Waals surface area (Å²) in [5, 5.41) is 6.94. The van der Waals surface area contributed by atoms with Crippen molar-refractivity contribution in [3.8, 4) is 5.75 Å². The van der Waals surface area contributed by atoms with Crippen LogP contribution in [0.2, 0.25) is 0 Å². The summed E-state index contributed by atoms with van der Waals surface area (Å²) in [7, 11) is 1.67. The molecule has 0 radical (unpaired) electrons. The predicted molar refractivity (Wildman–Crippen MR) is 114 cm³/mol. The average molecular weight is 401 g/mol. The van der Waals surface area contributed by atoms with Crippen LogP contribution in [0.4, 0.5) is 0 Å². The maximum Gasteiger partial charge on any atom is 0.221 e. The minimum Gasteiger partial charge on any atom is -0.496 e. The van der Waals surface area contributed by atoms with Gasteiger partial charge in [-0.15, -0.1) is 12.4 Å². The monoisotopic (exact) mass is 400 g/mol. The van der Waals surface area contributed by atoms with E-state index in [0.717, 1.165) is 29.7 Å². The van der Waals surface area contributed by atoms with E-state index in [1.165, 1.54) is 12.8 Å². The van der Waals surface area contributed by atoms with Crippen molar-refractivity contribution in [2.45, 2.75) is 50.2 Å². The molecule has 0 aromatic heterocycles. The molecule has 150 valence electrons. The Morgan fingerprint density at radius 1 is 1.07 bits per heavy atom. The van der Waals surface area contributed by atoms with Gasteiger partial charge in [-0.05, 0) is 43.2 Å². The van der Waals surface area contributed by atoms with E-state index < -0.39 is 0 Å². The van der Waals surface area contributed by atoms with Crippen LogP contribution in [-0.4, -0.2) is 25.1 Å². The third kappa shape index (κ3) is 4.68. The molecule has 0 spiro atoms. The topological polar surface area (TPSA) is 50.4 Å². The van der Waals surface area contributed by atoms with Crippen LogP contribution in [0.15, 0.2) is 54.6 Å². The molecule has 2 N–H and O–H groups in total. The first kappa shape index (κ1) is 20.7. The van der Waals surface area contributed by atoms with Crippen molar-refractivity contribution >= 4 is 18.3 Å². The highest BCUT2D eigenvalue weighted by Gasteiger charge is 2.34. The summed E-state index contributed by atoms with van der Waals surface area (Å²) in [5.74, 6) is 1.41. The lowest BCUT2D eigenvalue weighted by Crippen LogP contribution is -2.40. The molecule has 2 aliphatic heterocycles. The zero-order valence-electron chi connectivity index (χ0n) is 16.3. The zero-order valence-corrected chi connectivity index (χ0v) is 17.1. The third-order valence-electron chi connectivity index (χ3n) is 5.93. The van der Waals surface area contributed by atoms with Crippen LogP contribution in [0.25, 0.3) is 0 Å². The normalized spacial score (nSPS) is 24.1. The summed E-state index contributed by atoms with van der Waals surface area (Å²) < 4.78 is 5.56. The number of ether oxygens (including phenoxy) is 1.